The van der Waals surface area contributed by atoms with Crippen LogP contribution >= 0.6 is 12.2 Å². The average Bonchev–Trinajstić information content (AvgIpc) is 2.53. The third kappa shape index (κ3) is 2.16. The van der Waals surface area contributed by atoms with Crippen molar-refractivity contribution < 1.29 is 0 Å². The maximum atomic E-state index is 5.47. The summed E-state index contributed by atoms with van der Waals surface area (Å²) in [5, 5.41) is 0. The number of fused-ring (bicyclic) bond motifs is 1. The first-order valence-corrected chi connectivity index (χ1v) is 6.58. The number of hydrogen-bond donors (Lipinski definition) is 1. The Labute approximate surface area is 108 Å². The second kappa shape index (κ2) is 4.30. The lowest BCUT2D eigenvalue weighted by atomic mass is 9.98. The molecule has 2 rings (SSSR count). The van der Waals surface area contributed by atoms with E-state index in [0.29, 0.717) is 0 Å². The number of aryl methyl sites for hydroxylation is 1. The Hall–Kier alpha value is -1.09. The normalized spacial score (nSPS) is 12.2. The Kier molecular flexibility index (Phi) is 3.13. The lowest BCUT2D eigenvalue weighted by molar-refractivity contribution is 0.330. The number of nitrogens with zero attached hydrogens (tertiary/aromatic N) is 1. The SMILES string of the molecule is CCCC(C)(C)n1c(=S)[nH]c2cc(C)ccc21. The molecule has 1 aromatic heterocycles. The molecule has 3 heteroatoms. The minimum atomic E-state index is 0.0688. The van der Waals surface area contributed by atoms with Crippen LogP contribution in [0.1, 0.15) is 39.2 Å². The van der Waals surface area contributed by atoms with E-state index >= 15 is 0 Å². The zero-order valence-corrected chi connectivity index (χ0v) is 11.8. The van der Waals surface area contributed by atoms with Crippen LogP contribution in [-0.2, 0) is 5.54 Å². The Morgan fingerprint density at radius 1 is 1.35 bits per heavy atom. The molecule has 0 aliphatic carbocycles. The van der Waals surface area contributed by atoms with Crippen molar-refractivity contribution in [2.45, 2.75) is 46.1 Å². The summed E-state index contributed by atoms with van der Waals surface area (Å²) in [6.07, 6.45) is 2.29. The van der Waals surface area contributed by atoms with Crippen molar-refractivity contribution in [1.29, 1.82) is 0 Å². The predicted octanol–water partition coefficient (Wildman–Crippen LogP) is 4.54. The van der Waals surface area contributed by atoms with Crippen LogP contribution in [0.3, 0.4) is 0 Å². The van der Waals surface area contributed by atoms with E-state index in [1.807, 2.05) is 0 Å². The first kappa shape index (κ1) is 12.4. The molecule has 0 fully saturated rings. The van der Waals surface area contributed by atoms with Crippen LogP contribution in [0.25, 0.3) is 11.0 Å². The molecule has 0 saturated carbocycles. The molecule has 92 valence electrons. The van der Waals surface area contributed by atoms with E-state index in [2.05, 4.69) is 55.4 Å². The van der Waals surface area contributed by atoms with E-state index in [1.54, 1.807) is 0 Å². The van der Waals surface area contributed by atoms with Gasteiger partial charge in [0.25, 0.3) is 0 Å². The Balaban J connectivity index is 2.69. The fourth-order valence-electron chi connectivity index (χ4n) is 2.55. The fourth-order valence-corrected chi connectivity index (χ4v) is 3.01. The molecule has 0 atom stereocenters. The van der Waals surface area contributed by atoms with Crippen molar-refractivity contribution in [3.05, 3.63) is 28.5 Å². The third-order valence-corrected chi connectivity index (χ3v) is 3.59. The van der Waals surface area contributed by atoms with Crippen LogP contribution in [0.2, 0.25) is 0 Å². The smallest absolute Gasteiger partial charge is 0.178 e. The Morgan fingerprint density at radius 3 is 2.71 bits per heavy atom. The van der Waals surface area contributed by atoms with E-state index in [9.17, 15) is 0 Å². The second-order valence-electron chi connectivity index (χ2n) is 5.35. The monoisotopic (exact) mass is 248 g/mol. The summed E-state index contributed by atoms with van der Waals surface area (Å²) in [6.45, 7) is 8.81. The molecule has 1 N–H and O–H groups in total. The van der Waals surface area contributed by atoms with Crippen LogP contribution in [0.5, 0.6) is 0 Å². The third-order valence-electron chi connectivity index (χ3n) is 3.30. The summed E-state index contributed by atoms with van der Waals surface area (Å²) in [5.74, 6) is 0. The molecule has 0 spiro atoms. The highest BCUT2D eigenvalue weighted by Crippen LogP contribution is 2.27. The van der Waals surface area contributed by atoms with Crippen molar-refractivity contribution in [2.24, 2.45) is 0 Å². The molecule has 1 heterocycles. The van der Waals surface area contributed by atoms with Gasteiger partial charge in [0.2, 0.25) is 0 Å². The van der Waals surface area contributed by atoms with Gasteiger partial charge in [0.05, 0.1) is 11.0 Å². The van der Waals surface area contributed by atoms with Gasteiger partial charge in [-0.1, -0.05) is 19.4 Å². The summed E-state index contributed by atoms with van der Waals surface area (Å²) < 4.78 is 3.07. The first-order chi connectivity index (χ1) is 7.95. The van der Waals surface area contributed by atoms with Crippen molar-refractivity contribution in [3.63, 3.8) is 0 Å². The van der Waals surface area contributed by atoms with Crippen LogP contribution < -0.4 is 0 Å². The lowest BCUT2D eigenvalue weighted by Crippen LogP contribution is -2.25. The van der Waals surface area contributed by atoms with Crippen molar-refractivity contribution in [3.8, 4) is 0 Å². The summed E-state index contributed by atoms with van der Waals surface area (Å²) in [5.41, 5.74) is 3.67. The largest absolute Gasteiger partial charge is 0.331 e. The topological polar surface area (TPSA) is 20.7 Å². The van der Waals surface area contributed by atoms with Gasteiger partial charge in [-0.3, -0.25) is 0 Å². The minimum absolute atomic E-state index is 0.0688. The van der Waals surface area contributed by atoms with Gasteiger partial charge in [-0.25, -0.2) is 0 Å². The maximum absolute atomic E-state index is 5.47. The quantitative estimate of drug-likeness (QED) is 0.791. The molecule has 0 unspecified atom stereocenters. The van der Waals surface area contributed by atoms with Gasteiger partial charge in [0.1, 0.15) is 0 Å². The van der Waals surface area contributed by atoms with Gasteiger partial charge in [-0.2, -0.15) is 0 Å². The molecular weight excluding hydrogens is 228 g/mol. The number of aromatic amines is 1. The number of imidazole rings is 1. The maximum Gasteiger partial charge on any atom is 0.178 e. The van der Waals surface area contributed by atoms with E-state index in [4.69, 9.17) is 12.2 Å². The van der Waals surface area contributed by atoms with Gasteiger partial charge in [0.15, 0.2) is 4.77 Å². The zero-order valence-electron chi connectivity index (χ0n) is 11.0. The Bertz CT molecular complexity index is 590. The van der Waals surface area contributed by atoms with E-state index in [-0.39, 0.29) is 5.54 Å². The van der Waals surface area contributed by atoms with Gasteiger partial charge < -0.3 is 9.55 Å². The number of nitrogens with one attached hydrogen (secondary N) is 1. The van der Waals surface area contributed by atoms with Gasteiger partial charge in [-0.15, -0.1) is 0 Å². The molecule has 0 bridgehead atoms. The van der Waals surface area contributed by atoms with E-state index < -0.39 is 0 Å². The minimum Gasteiger partial charge on any atom is -0.331 e. The molecule has 17 heavy (non-hydrogen) atoms. The number of aromatic nitrogens is 2. The summed E-state index contributed by atoms with van der Waals surface area (Å²) in [6, 6.07) is 6.46. The van der Waals surface area contributed by atoms with Crippen molar-refractivity contribution >= 4 is 23.3 Å². The molecule has 0 aliphatic heterocycles. The summed E-state index contributed by atoms with van der Waals surface area (Å²) in [4.78, 5) is 3.31. The molecule has 0 amide bonds. The van der Waals surface area contributed by atoms with Gasteiger partial charge in [-0.05, 0) is 57.1 Å². The standard InChI is InChI=1S/C14H20N2S/c1-5-8-14(3,4)16-12-7-6-10(2)9-11(12)15-13(16)17/h6-7,9H,5,8H2,1-4H3,(H,15,17). The highest BCUT2D eigenvalue weighted by molar-refractivity contribution is 7.71. The van der Waals surface area contributed by atoms with Gasteiger partial charge in [0, 0.05) is 5.54 Å². The molecule has 0 aliphatic rings. The van der Waals surface area contributed by atoms with Crippen molar-refractivity contribution in [1.82, 2.24) is 9.55 Å². The Morgan fingerprint density at radius 2 is 2.06 bits per heavy atom. The first-order valence-electron chi connectivity index (χ1n) is 6.17. The van der Waals surface area contributed by atoms with E-state index in [0.717, 1.165) is 23.1 Å². The number of benzene rings is 1. The molecular formula is C14H20N2S. The molecule has 2 nitrogen and oxygen atoms in total. The van der Waals surface area contributed by atoms with Crippen molar-refractivity contribution in [2.75, 3.05) is 0 Å². The molecule has 0 saturated heterocycles. The zero-order chi connectivity index (χ0) is 12.6. The van der Waals surface area contributed by atoms with E-state index in [1.165, 1.54) is 11.1 Å². The van der Waals surface area contributed by atoms with Crippen LogP contribution in [0.4, 0.5) is 0 Å². The number of hydrogen-bond acceptors (Lipinski definition) is 1. The van der Waals surface area contributed by atoms with Crippen LogP contribution in [0.15, 0.2) is 18.2 Å². The number of H-pyrrole nitrogens is 1. The summed E-state index contributed by atoms with van der Waals surface area (Å²) >= 11 is 5.47. The average molecular weight is 248 g/mol. The molecule has 0 radical (unpaired) electrons. The molecule has 1 aromatic carbocycles. The summed E-state index contributed by atoms with van der Waals surface area (Å²) in [7, 11) is 0. The van der Waals surface area contributed by atoms with Crippen LogP contribution in [0, 0.1) is 11.7 Å². The lowest BCUT2D eigenvalue weighted by Gasteiger charge is -2.27. The van der Waals surface area contributed by atoms with Crippen LogP contribution in [-0.4, -0.2) is 9.55 Å². The number of rotatable bonds is 3. The second-order valence-corrected chi connectivity index (χ2v) is 5.74. The highest BCUT2D eigenvalue weighted by atomic mass is 32.1. The van der Waals surface area contributed by atoms with Gasteiger partial charge >= 0.3 is 0 Å². The highest BCUT2D eigenvalue weighted by Gasteiger charge is 2.22. The molecule has 2 aromatic rings. The predicted molar refractivity (Wildman–Crippen MR) is 76.1 cm³/mol. The fraction of sp³-hybridized carbons (Fsp3) is 0.500.